The fourth-order valence-corrected chi connectivity index (χ4v) is 1.78. The van der Waals surface area contributed by atoms with Crippen LogP contribution in [0.2, 0.25) is 0 Å². The minimum absolute atomic E-state index is 0.280. The van der Waals surface area contributed by atoms with E-state index in [0.717, 1.165) is 18.9 Å². The summed E-state index contributed by atoms with van der Waals surface area (Å²) in [5, 5.41) is 3.26. The molecule has 1 aromatic carbocycles. The number of halogens is 1. The number of aliphatic imine (C=N–C) groups is 1. The van der Waals surface area contributed by atoms with E-state index in [1.165, 1.54) is 6.07 Å². The molecular weight excluding hydrogens is 269 g/mol. The van der Waals surface area contributed by atoms with Gasteiger partial charge in [-0.1, -0.05) is 24.3 Å². The maximum Gasteiger partial charge on any atom is 0.193 e. The van der Waals surface area contributed by atoms with E-state index in [2.05, 4.69) is 16.4 Å². The zero-order valence-electron chi connectivity index (χ0n) is 13.0. The van der Waals surface area contributed by atoms with Crippen LogP contribution >= 0.6 is 0 Å². The molecule has 21 heavy (non-hydrogen) atoms. The lowest BCUT2D eigenvalue weighted by Crippen LogP contribution is -2.41. The molecule has 1 rings (SSSR count). The van der Waals surface area contributed by atoms with Gasteiger partial charge in [0, 0.05) is 20.6 Å². The number of hydrogen-bond donors (Lipinski definition) is 1. The molecule has 4 nitrogen and oxygen atoms in total. The third-order valence-electron chi connectivity index (χ3n) is 2.92. The van der Waals surface area contributed by atoms with Crippen LogP contribution < -0.4 is 10.1 Å². The molecule has 0 aromatic heterocycles. The summed E-state index contributed by atoms with van der Waals surface area (Å²) in [6.45, 7) is 3.85. The van der Waals surface area contributed by atoms with Gasteiger partial charge in [-0.3, -0.25) is 4.99 Å². The van der Waals surface area contributed by atoms with Gasteiger partial charge in [-0.25, -0.2) is 4.39 Å². The molecule has 0 bridgehead atoms. The summed E-state index contributed by atoms with van der Waals surface area (Å²) in [7, 11) is 3.67. The van der Waals surface area contributed by atoms with E-state index >= 15 is 0 Å². The van der Waals surface area contributed by atoms with E-state index in [4.69, 9.17) is 4.74 Å². The van der Waals surface area contributed by atoms with Crippen LogP contribution in [0.3, 0.4) is 0 Å². The number of nitrogens with zero attached hydrogens (tertiary/aromatic N) is 2. The second kappa shape index (κ2) is 9.80. The van der Waals surface area contributed by atoms with Crippen LogP contribution in [0.25, 0.3) is 0 Å². The fraction of sp³-hybridized carbons (Fsp3) is 0.438. The molecule has 0 unspecified atom stereocenters. The fourth-order valence-electron chi connectivity index (χ4n) is 1.78. The minimum Gasteiger partial charge on any atom is -0.489 e. The lowest BCUT2D eigenvalue weighted by atomic mass is 10.3. The largest absolute Gasteiger partial charge is 0.489 e. The summed E-state index contributed by atoms with van der Waals surface area (Å²) < 4.78 is 18.8. The van der Waals surface area contributed by atoms with Crippen molar-refractivity contribution in [1.29, 1.82) is 0 Å². The molecule has 0 saturated heterocycles. The average molecular weight is 293 g/mol. The molecule has 116 valence electrons. The highest BCUT2D eigenvalue weighted by Crippen LogP contribution is 2.14. The molecule has 0 spiro atoms. The zero-order chi connectivity index (χ0) is 15.5. The van der Waals surface area contributed by atoms with Gasteiger partial charge in [0.15, 0.2) is 17.5 Å². The highest BCUT2D eigenvalue weighted by Gasteiger charge is 2.06. The molecule has 0 radical (unpaired) electrons. The van der Waals surface area contributed by atoms with Crippen LogP contribution in [0, 0.1) is 5.82 Å². The predicted molar refractivity (Wildman–Crippen MR) is 85.3 cm³/mol. The number of hydrogen-bond acceptors (Lipinski definition) is 2. The van der Waals surface area contributed by atoms with E-state index in [0.29, 0.717) is 13.2 Å². The number of likely N-dealkylation sites (N-methyl/N-ethyl adjacent to an activating group) is 1. The third kappa shape index (κ3) is 6.29. The number of para-hydroxylation sites is 1. The Kier molecular flexibility index (Phi) is 7.94. The Hall–Kier alpha value is -2.04. The van der Waals surface area contributed by atoms with Crippen molar-refractivity contribution in [3.05, 3.63) is 42.2 Å². The molecule has 0 fully saturated rings. The smallest absolute Gasteiger partial charge is 0.193 e. The highest BCUT2D eigenvalue weighted by molar-refractivity contribution is 5.79. The van der Waals surface area contributed by atoms with Gasteiger partial charge in [0.2, 0.25) is 0 Å². The highest BCUT2D eigenvalue weighted by atomic mass is 19.1. The molecule has 1 aromatic rings. The van der Waals surface area contributed by atoms with Gasteiger partial charge >= 0.3 is 0 Å². The van der Waals surface area contributed by atoms with Crippen LogP contribution in [0.4, 0.5) is 4.39 Å². The average Bonchev–Trinajstić information content (AvgIpc) is 2.49. The molecule has 5 heteroatoms. The van der Waals surface area contributed by atoms with Gasteiger partial charge < -0.3 is 15.0 Å². The van der Waals surface area contributed by atoms with Gasteiger partial charge in [0.05, 0.1) is 6.54 Å². The summed E-state index contributed by atoms with van der Waals surface area (Å²) in [6, 6.07) is 6.41. The Morgan fingerprint density at radius 3 is 2.86 bits per heavy atom. The normalized spacial score (nSPS) is 11.7. The summed E-state index contributed by atoms with van der Waals surface area (Å²) in [6.07, 6.45) is 5.08. The molecular formula is C16H24FN3O. The van der Waals surface area contributed by atoms with Crippen LogP contribution in [-0.4, -0.2) is 44.7 Å². The maximum absolute atomic E-state index is 13.4. The molecule has 0 aliphatic rings. The SMILES string of the molecule is C/C=C/CCNC(=NC)N(C)CCOc1ccccc1F. The van der Waals surface area contributed by atoms with E-state index in [1.807, 2.05) is 24.9 Å². The second-order valence-electron chi connectivity index (χ2n) is 4.53. The number of benzene rings is 1. The third-order valence-corrected chi connectivity index (χ3v) is 2.92. The summed E-state index contributed by atoms with van der Waals surface area (Å²) in [4.78, 5) is 6.16. The van der Waals surface area contributed by atoms with Crippen molar-refractivity contribution in [1.82, 2.24) is 10.2 Å². The van der Waals surface area contributed by atoms with Gasteiger partial charge in [-0.05, 0) is 25.5 Å². The lowest BCUT2D eigenvalue weighted by Gasteiger charge is -2.22. The number of rotatable bonds is 7. The molecule has 0 atom stereocenters. The van der Waals surface area contributed by atoms with Crippen molar-refractivity contribution >= 4 is 5.96 Å². The van der Waals surface area contributed by atoms with E-state index in [9.17, 15) is 4.39 Å². The first kappa shape index (κ1) is 17.0. The number of allylic oxidation sites excluding steroid dienone is 1. The van der Waals surface area contributed by atoms with Crippen molar-refractivity contribution in [2.75, 3.05) is 33.8 Å². The standard InChI is InChI=1S/C16H24FN3O/c1-4-5-8-11-19-16(18-2)20(3)12-13-21-15-10-7-6-9-14(15)17/h4-7,9-10H,8,11-13H2,1-3H3,(H,18,19)/b5-4+. The number of ether oxygens (including phenoxy) is 1. The van der Waals surface area contributed by atoms with Crippen molar-refractivity contribution in [3.63, 3.8) is 0 Å². The maximum atomic E-state index is 13.4. The molecule has 1 N–H and O–H groups in total. The Morgan fingerprint density at radius 2 is 2.19 bits per heavy atom. The number of nitrogens with one attached hydrogen (secondary N) is 1. The first-order valence-electron chi connectivity index (χ1n) is 7.09. The molecule has 0 amide bonds. The van der Waals surface area contributed by atoms with Crippen molar-refractivity contribution < 1.29 is 9.13 Å². The topological polar surface area (TPSA) is 36.9 Å². The Balaban J connectivity index is 2.34. The van der Waals surface area contributed by atoms with Crippen LogP contribution in [0.1, 0.15) is 13.3 Å². The molecule has 0 aliphatic carbocycles. The summed E-state index contributed by atoms with van der Waals surface area (Å²) >= 11 is 0. The lowest BCUT2D eigenvalue weighted by molar-refractivity contribution is 0.270. The van der Waals surface area contributed by atoms with Gasteiger partial charge in [0.1, 0.15) is 6.61 Å². The Labute approximate surface area is 126 Å². The first-order chi connectivity index (χ1) is 10.2. The van der Waals surface area contributed by atoms with Crippen LogP contribution in [0.5, 0.6) is 5.75 Å². The Morgan fingerprint density at radius 1 is 1.43 bits per heavy atom. The first-order valence-corrected chi connectivity index (χ1v) is 7.09. The quantitative estimate of drug-likeness (QED) is 0.363. The summed E-state index contributed by atoms with van der Waals surface area (Å²) in [5.41, 5.74) is 0. The van der Waals surface area contributed by atoms with Gasteiger partial charge in [-0.15, -0.1) is 0 Å². The Bertz CT molecular complexity index is 474. The van der Waals surface area contributed by atoms with Crippen molar-refractivity contribution in [3.8, 4) is 5.75 Å². The predicted octanol–water partition coefficient (Wildman–Crippen LogP) is 2.68. The van der Waals surface area contributed by atoms with Gasteiger partial charge in [0.25, 0.3) is 0 Å². The van der Waals surface area contributed by atoms with E-state index in [-0.39, 0.29) is 11.6 Å². The van der Waals surface area contributed by atoms with Crippen molar-refractivity contribution in [2.45, 2.75) is 13.3 Å². The summed E-state index contributed by atoms with van der Waals surface area (Å²) in [5.74, 6) is 0.743. The van der Waals surface area contributed by atoms with E-state index in [1.54, 1.807) is 25.2 Å². The zero-order valence-corrected chi connectivity index (χ0v) is 13.0. The molecule has 0 heterocycles. The molecule has 0 saturated carbocycles. The van der Waals surface area contributed by atoms with E-state index < -0.39 is 0 Å². The van der Waals surface area contributed by atoms with Crippen LogP contribution in [-0.2, 0) is 0 Å². The number of guanidine groups is 1. The van der Waals surface area contributed by atoms with Crippen molar-refractivity contribution in [2.24, 2.45) is 4.99 Å². The monoisotopic (exact) mass is 293 g/mol. The van der Waals surface area contributed by atoms with Crippen LogP contribution in [0.15, 0.2) is 41.4 Å². The minimum atomic E-state index is -0.339. The second-order valence-corrected chi connectivity index (χ2v) is 4.53. The molecule has 0 aliphatic heterocycles. The van der Waals surface area contributed by atoms with Gasteiger partial charge in [-0.2, -0.15) is 0 Å².